The summed E-state index contributed by atoms with van der Waals surface area (Å²) in [6.45, 7) is 3.91. The van der Waals surface area contributed by atoms with E-state index < -0.39 is 5.97 Å². The van der Waals surface area contributed by atoms with Gasteiger partial charge in [0.15, 0.2) is 0 Å². The zero-order valence-electron chi connectivity index (χ0n) is 17.0. The molecule has 3 aromatic rings. The minimum absolute atomic E-state index is 0.147. The third-order valence-electron chi connectivity index (χ3n) is 5.84. The number of carboxylic acids is 1. The quantitative estimate of drug-likeness (QED) is 0.530. The lowest BCUT2D eigenvalue weighted by atomic mass is 10.0. The summed E-state index contributed by atoms with van der Waals surface area (Å²) >= 11 is 0. The van der Waals surface area contributed by atoms with Gasteiger partial charge in [-0.25, -0.2) is 4.79 Å². The van der Waals surface area contributed by atoms with Crippen molar-refractivity contribution in [3.05, 3.63) is 59.3 Å². The highest BCUT2D eigenvalue weighted by Gasteiger charge is 2.25. The predicted molar refractivity (Wildman–Crippen MR) is 119 cm³/mol. The predicted octanol–water partition coefficient (Wildman–Crippen LogP) is 3.83. The standard InChI is InChI=1S/C24H23N3O4/c28-23-20(19-13-15(24(29)30)3-5-22(19)26-23)14-17-11-16-12-18(4-6-21(16)25-17)31-10-9-27-7-1-2-8-27/h3-6,11-14,25H,1-2,7-10H2,(H,26,28)(H,29,30). The van der Waals surface area contributed by atoms with Crippen LogP contribution in [0.4, 0.5) is 5.69 Å². The second-order valence-corrected chi connectivity index (χ2v) is 7.95. The largest absolute Gasteiger partial charge is 0.492 e. The van der Waals surface area contributed by atoms with Crippen LogP contribution in [0.1, 0.15) is 34.5 Å². The molecule has 5 rings (SSSR count). The average molecular weight is 417 g/mol. The lowest BCUT2D eigenvalue weighted by Gasteiger charge is -2.14. The molecule has 3 heterocycles. The lowest BCUT2D eigenvalue weighted by Crippen LogP contribution is -2.25. The Labute approximate surface area is 179 Å². The zero-order valence-corrected chi connectivity index (χ0v) is 17.0. The van der Waals surface area contributed by atoms with Crippen LogP contribution in [-0.2, 0) is 4.79 Å². The maximum Gasteiger partial charge on any atom is 0.335 e. The molecule has 1 saturated heterocycles. The Kier molecular flexibility index (Phi) is 4.95. The molecule has 0 aliphatic carbocycles. The fourth-order valence-electron chi connectivity index (χ4n) is 4.22. The molecule has 2 aliphatic rings. The number of rotatable bonds is 6. The van der Waals surface area contributed by atoms with Crippen molar-refractivity contribution in [1.82, 2.24) is 9.88 Å². The molecule has 1 fully saturated rings. The lowest BCUT2D eigenvalue weighted by molar-refractivity contribution is -0.110. The van der Waals surface area contributed by atoms with Crippen molar-refractivity contribution in [1.29, 1.82) is 0 Å². The van der Waals surface area contributed by atoms with Gasteiger partial charge in [0, 0.05) is 34.4 Å². The van der Waals surface area contributed by atoms with Gasteiger partial charge in [0.05, 0.1) is 11.1 Å². The van der Waals surface area contributed by atoms with Crippen LogP contribution in [0.3, 0.4) is 0 Å². The number of hydrogen-bond acceptors (Lipinski definition) is 4. The van der Waals surface area contributed by atoms with Crippen molar-refractivity contribution < 1.29 is 19.4 Å². The highest BCUT2D eigenvalue weighted by atomic mass is 16.5. The van der Waals surface area contributed by atoms with E-state index in [1.165, 1.54) is 25.0 Å². The van der Waals surface area contributed by atoms with Gasteiger partial charge in [-0.3, -0.25) is 9.69 Å². The summed E-state index contributed by atoms with van der Waals surface area (Å²) in [6, 6.07) is 12.5. The minimum Gasteiger partial charge on any atom is -0.492 e. The van der Waals surface area contributed by atoms with Gasteiger partial charge in [0.25, 0.3) is 5.91 Å². The number of ether oxygens (including phenoxy) is 1. The number of likely N-dealkylation sites (tertiary alicyclic amines) is 1. The molecule has 1 aromatic heterocycles. The Hall–Kier alpha value is -3.58. The summed E-state index contributed by atoms with van der Waals surface area (Å²) in [7, 11) is 0. The van der Waals surface area contributed by atoms with Crippen LogP contribution in [-0.4, -0.2) is 53.1 Å². The van der Waals surface area contributed by atoms with Gasteiger partial charge in [-0.05, 0) is 74.5 Å². The van der Waals surface area contributed by atoms with E-state index in [2.05, 4.69) is 15.2 Å². The first-order chi connectivity index (χ1) is 15.1. The summed E-state index contributed by atoms with van der Waals surface area (Å²) in [4.78, 5) is 29.5. The van der Waals surface area contributed by atoms with Crippen molar-refractivity contribution in [2.24, 2.45) is 0 Å². The van der Waals surface area contributed by atoms with E-state index in [-0.39, 0.29) is 11.5 Å². The number of anilines is 1. The maximum atomic E-state index is 12.4. The molecule has 0 saturated carbocycles. The number of aromatic amines is 1. The van der Waals surface area contributed by atoms with Crippen molar-refractivity contribution >= 4 is 40.1 Å². The fraction of sp³-hybridized carbons (Fsp3) is 0.250. The molecule has 0 spiro atoms. The summed E-state index contributed by atoms with van der Waals surface area (Å²) in [5.74, 6) is -0.452. The zero-order chi connectivity index (χ0) is 21.4. The number of aromatic nitrogens is 1. The molecule has 2 aromatic carbocycles. The smallest absolute Gasteiger partial charge is 0.335 e. The van der Waals surface area contributed by atoms with E-state index in [4.69, 9.17) is 4.74 Å². The number of nitrogens with zero attached hydrogens (tertiary/aromatic N) is 1. The summed E-state index contributed by atoms with van der Waals surface area (Å²) in [5, 5.41) is 13.0. The molecule has 3 N–H and O–H groups in total. The van der Waals surface area contributed by atoms with Crippen molar-refractivity contribution in [2.45, 2.75) is 12.8 Å². The van der Waals surface area contributed by atoms with Crippen LogP contribution in [0.2, 0.25) is 0 Å². The third-order valence-corrected chi connectivity index (χ3v) is 5.84. The highest BCUT2D eigenvalue weighted by molar-refractivity contribution is 6.35. The van der Waals surface area contributed by atoms with Gasteiger partial charge < -0.3 is 20.1 Å². The maximum absolute atomic E-state index is 12.4. The normalized spacial score (nSPS) is 17.3. The number of aromatic carboxylic acids is 1. The topological polar surface area (TPSA) is 94.7 Å². The van der Waals surface area contributed by atoms with Crippen LogP contribution in [0.25, 0.3) is 22.6 Å². The van der Waals surface area contributed by atoms with E-state index in [1.807, 2.05) is 24.3 Å². The molecular weight excluding hydrogens is 394 g/mol. The van der Waals surface area contributed by atoms with E-state index >= 15 is 0 Å². The van der Waals surface area contributed by atoms with Gasteiger partial charge in [-0.15, -0.1) is 0 Å². The number of nitrogens with one attached hydrogen (secondary N) is 2. The molecule has 31 heavy (non-hydrogen) atoms. The molecule has 158 valence electrons. The molecule has 7 nitrogen and oxygen atoms in total. The van der Waals surface area contributed by atoms with Gasteiger partial charge in [-0.1, -0.05) is 0 Å². The second kappa shape index (κ2) is 7.92. The number of amides is 1. The number of fused-ring (bicyclic) bond motifs is 2. The first-order valence-electron chi connectivity index (χ1n) is 10.5. The Bertz CT molecular complexity index is 1200. The Morgan fingerprint density at radius 3 is 2.77 bits per heavy atom. The average Bonchev–Trinajstić information content (AvgIpc) is 3.47. The van der Waals surface area contributed by atoms with E-state index in [1.54, 1.807) is 12.1 Å². The molecule has 0 atom stereocenters. The Morgan fingerprint density at radius 1 is 1.13 bits per heavy atom. The molecule has 1 amide bonds. The fourth-order valence-corrected chi connectivity index (χ4v) is 4.22. The van der Waals surface area contributed by atoms with Crippen LogP contribution < -0.4 is 10.1 Å². The molecular formula is C24H23N3O4. The van der Waals surface area contributed by atoms with Crippen molar-refractivity contribution in [3.8, 4) is 5.75 Å². The van der Waals surface area contributed by atoms with Gasteiger partial charge in [0.2, 0.25) is 0 Å². The van der Waals surface area contributed by atoms with Crippen LogP contribution >= 0.6 is 0 Å². The summed E-state index contributed by atoms with van der Waals surface area (Å²) in [6.07, 6.45) is 4.29. The van der Waals surface area contributed by atoms with Crippen molar-refractivity contribution in [2.75, 3.05) is 31.6 Å². The third kappa shape index (κ3) is 3.92. The van der Waals surface area contributed by atoms with Crippen molar-refractivity contribution in [3.63, 3.8) is 0 Å². The summed E-state index contributed by atoms with van der Waals surface area (Å²) in [5.41, 5.74) is 3.50. The second-order valence-electron chi connectivity index (χ2n) is 7.95. The summed E-state index contributed by atoms with van der Waals surface area (Å²) < 4.78 is 5.93. The van der Waals surface area contributed by atoms with E-state index in [0.717, 1.165) is 42.0 Å². The minimum atomic E-state index is -1.02. The molecule has 0 bridgehead atoms. The first-order valence-corrected chi connectivity index (χ1v) is 10.5. The highest BCUT2D eigenvalue weighted by Crippen LogP contribution is 2.34. The van der Waals surface area contributed by atoms with Gasteiger partial charge >= 0.3 is 5.97 Å². The Morgan fingerprint density at radius 2 is 1.97 bits per heavy atom. The Balaban J connectivity index is 1.37. The van der Waals surface area contributed by atoms with Crippen LogP contribution in [0.5, 0.6) is 5.75 Å². The van der Waals surface area contributed by atoms with E-state index in [0.29, 0.717) is 23.4 Å². The SMILES string of the molecule is O=C1Nc2ccc(C(=O)O)cc2C1=Cc1cc2cc(OCCN3CCCC3)ccc2[nH]1. The first kappa shape index (κ1) is 19.4. The number of carbonyl (C=O) groups is 2. The number of H-pyrrole nitrogens is 1. The molecule has 0 unspecified atom stereocenters. The number of carbonyl (C=O) groups excluding carboxylic acids is 1. The number of carboxylic acid groups (broad SMARTS) is 1. The molecule has 7 heteroatoms. The van der Waals surface area contributed by atoms with Crippen LogP contribution in [0, 0.1) is 0 Å². The molecule has 2 aliphatic heterocycles. The number of hydrogen-bond donors (Lipinski definition) is 3. The van der Waals surface area contributed by atoms with Gasteiger partial charge in [-0.2, -0.15) is 0 Å². The van der Waals surface area contributed by atoms with E-state index in [9.17, 15) is 14.7 Å². The molecule has 0 radical (unpaired) electrons. The number of benzene rings is 2. The monoisotopic (exact) mass is 417 g/mol. The van der Waals surface area contributed by atoms with Crippen LogP contribution in [0.15, 0.2) is 42.5 Å². The van der Waals surface area contributed by atoms with Gasteiger partial charge in [0.1, 0.15) is 12.4 Å².